The second-order valence-corrected chi connectivity index (χ2v) is 3.76. The van der Waals surface area contributed by atoms with Crippen LogP contribution in [0.5, 0.6) is 0 Å². The van der Waals surface area contributed by atoms with Gasteiger partial charge >= 0.3 is 5.97 Å². The zero-order chi connectivity index (χ0) is 10.8. The van der Waals surface area contributed by atoms with Gasteiger partial charge in [-0.25, -0.2) is 0 Å². The predicted octanol–water partition coefficient (Wildman–Crippen LogP) is 0.972. The third-order valence-electron chi connectivity index (χ3n) is 2.79. The van der Waals surface area contributed by atoms with E-state index in [-0.39, 0.29) is 6.10 Å². The van der Waals surface area contributed by atoms with Crippen LogP contribution in [0.4, 0.5) is 0 Å². The van der Waals surface area contributed by atoms with Gasteiger partial charge in [-0.3, -0.25) is 9.48 Å². The zero-order valence-electron chi connectivity index (χ0n) is 8.59. The summed E-state index contributed by atoms with van der Waals surface area (Å²) in [7, 11) is 1.80. The van der Waals surface area contributed by atoms with Gasteiger partial charge in [-0.1, -0.05) is 0 Å². The van der Waals surface area contributed by atoms with Crippen molar-refractivity contribution in [3.05, 3.63) is 18.0 Å². The van der Waals surface area contributed by atoms with Crippen LogP contribution in [-0.2, 0) is 16.6 Å². The summed E-state index contributed by atoms with van der Waals surface area (Å²) < 4.78 is 7.21. The molecule has 1 N–H and O–H groups in total. The summed E-state index contributed by atoms with van der Waals surface area (Å²) in [5.41, 5.74) is 0.835. The first-order valence-electron chi connectivity index (χ1n) is 5.02. The largest absolute Gasteiger partial charge is 0.481 e. The summed E-state index contributed by atoms with van der Waals surface area (Å²) in [5.74, 6) is -1.24. The van der Waals surface area contributed by atoms with E-state index in [0.717, 1.165) is 12.1 Å². The van der Waals surface area contributed by atoms with Crippen LogP contribution in [0.1, 0.15) is 24.6 Å². The first-order chi connectivity index (χ1) is 7.20. The molecule has 0 amide bonds. The van der Waals surface area contributed by atoms with Gasteiger partial charge in [-0.2, -0.15) is 5.10 Å². The first kappa shape index (κ1) is 10.2. The lowest BCUT2D eigenvalue weighted by Crippen LogP contribution is -2.30. The summed E-state index contributed by atoms with van der Waals surface area (Å²) >= 11 is 0. The van der Waals surface area contributed by atoms with Crippen LogP contribution in [0.15, 0.2) is 12.3 Å². The number of ether oxygens (including phenoxy) is 1. The highest BCUT2D eigenvalue weighted by Gasteiger charge is 2.34. The van der Waals surface area contributed by atoms with Crippen molar-refractivity contribution in [3.8, 4) is 0 Å². The summed E-state index contributed by atoms with van der Waals surface area (Å²) in [6.45, 7) is 0.625. The van der Waals surface area contributed by atoms with Crippen LogP contribution in [0.3, 0.4) is 0 Å². The maximum atomic E-state index is 11.1. The van der Waals surface area contributed by atoms with Crippen LogP contribution in [-0.4, -0.2) is 27.5 Å². The van der Waals surface area contributed by atoms with Crippen LogP contribution in [0, 0.1) is 5.92 Å². The van der Waals surface area contributed by atoms with Gasteiger partial charge in [0.1, 0.15) is 6.10 Å². The Morgan fingerprint density at radius 3 is 3.13 bits per heavy atom. The van der Waals surface area contributed by atoms with Crippen LogP contribution >= 0.6 is 0 Å². The van der Waals surface area contributed by atoms with Crippen molar-refractivity contribution in [1.29, 1.82) is 0 Å². The van der Waals surface area contributed by atoms with E-state index in [2.05, 4.69) is 5.10 Å². The SMILES string of the molecule is Cn1nccc1[C@H]1OCCC[C@@H]1C(=O)O. The molecule has 5 heteroatoms. The topological polar surface area (TPSA) is 64.4 Å². The third-order valence-corrected chi connectivity index (χ3v) is 2.79. The van der Waals surface area contributed by atoms with Gasteiger partial charge in [-0.05, 0) is 18.9 Å². The van der Waals surface area contributed by atoms with Gasteiger partial charge in [0.15, 0.2) is 0 Å². The Kier molecular flexibility index (Phi) is 2.73. The molecule has 0 unspecified atom stereocenters. The molecular weight excluding hydrogens is 196 g/mol. The molecule has 0 aliphatic carbocycles. The molecule has 15 heavy (non-hydrogen) atoms. The Morgan fingerprint density at radius 2 is 2.53 bits per heavy atom. The molecule has 1 saturated heterocycles. The number of aryl methyl sites for hydroxylation is 1. The molecule has 2 heterocycles. The number of carboxylic acids is 1. The summed E-state index contributed by atoms with van der Waals surface area (Å²) in [6.07, 6.45) is 2.78. The summed E-state index contributed by atoms with van der Waals surface area (Å²) in [6, 6.07) is 1.81. The number of carboxylic acid groups (broad SMARTS) is 1. The van der Waals surface area contributed by atoms with E-state index in [0.29, 0.717) is 13.0 Å². The normalized spacial score (nSPS) is 26.5. The van der Waals surface area contributed by atoms with E-state index < -0.39 is 11.9 Å². The molecule has 82 valence electrons. The highest BCUT2D eigenvalue weighted by molar-refractivity contribution is 5.71. The number of carbonyl (C=O) groups is 1. The Labute approximate surface area is 87.7 Å². The molecule has 1 aliphatic heterocycles. The number of aromatic nitrogens is 2. The lowest BCUT2D eigenvalue weighted by Gasteiger charge is -2.28. The second-order valence-electron chi connectivity index (χ2n) is 3.76. The maximum absolute atomic E-state index is 11.1. The van der Waals surface area contributed by atoms with Crippen LogP contribution in [0.2, 0.25) is 0 Å². The molecule has 1 fully saturated rings. The van der Waals surface area contributed by atoms with E-state index in [4.69, 9.17) is 9.84 Å². The summed E-state index contributed by atoms with van der Waals surface area (Å²) in [5, 5.41) is 13.1. The highest BCUT2D eigenvalue weighted by atomic mass is 16.5. The molecule has 2 atom stereocenters. The fourth-order valence-corrected chi connectivity index (χ4v) is 1.99. The van der Waals surface area contributed by atoms with E-state index in [1.54, 1.807) is 17.9 Å². The third kappa shape index (κ3) is 1.87. The van der Waals surface area contributed by atoms with Gasteiger partial charge in [-0.15, -0.1) is 0 Å². The van der Waals surface area contributed by atoms with E-state index in [1.165, 1.54) is 0 Å². The highest BCUT2D eigenvalue weighted by Crippen LogP contribution is 2.33. The monoisotopic (exact) mass is 210 g/mol. The number of nitrogens with zero attached hydrogens (tertiary/aromatic N) is 2. The van der Waals surface area contributed by atoms with Crippen molar-refractivity contribution in [3.63, 3.8) is 0 Å². The Hall–Kier alpha value is -1.36. The molecule has 1 aliphatic rings. The number of aliphatic carboxylic acids is 1. The fourth-order valence-electron chi connectivity index (χ4n) is 1.99. The van der Waals surface area contributed by atoms with Crippen molar-refractivity contribution in [2.75, 3.05) is 6.61 Å². The van der Waals surface area contributed by atoms with Crippen molar-refractivity contribution >= 4 is 5.97 Å². The average molecular weight is 210 g/mol. The van der Waals surface area contributed by atoms with Crippen LogP contribution in [0.25, 0.3) is 0 Å². The molecule has 0 spiro atoms. The smallest absolute Gasteiger partial charge is 0.309 e. The van der Waals surface area contributed by atoms with Gasteiger partial charge in [0.25, 0.3) is 0 Å². The standard InChI is InChI=1S/C10H14N2O3/c1-12-8(4-5-11-12)9-7(10(13)14)3-2-6-15-9/h4-5,7,9H,2-3,6H2,1H3,(H,13,14)/t7-,9-/m0/s1. The molecule has 2 rings (SSSR count). The number of hydrogen-bond donors (Lipinski definition) is 1. The lowest BCUT2D eigenvalue weighted by molar-refractivity contribution is -0.152. The van der Waals surface area contributed by atoms with Gasteiger partial charge < -0.3 is 9.84 Å². The van der Waals surface area contributed by atoms with Crippen molar-refractivity contribution < 1.29 is 14.6 Å². The van der Waals surface area contributed by atoms with E-state index in [9.17, 15) is 4.79 Å². The van der Waals surface area contributed by atoms with Gasteiger partial charge in [0.05, 0.1) is 11.6 Å². The molecule has 0 radical (unpaired) electrons. The Bertz CT molecular complexity index is 361. The molecular formula is C10H14N2O3. The Morgan fingerprint density at radius 1 is 1.73 bits per heavy atom. The van der Waals surface area contributed by atoms with E-state index in [1.807, 2.05) is 6.07 Å². The summed E-state index contributed by atoms with van der Waals surface area (Å²) in [4.78, 5) is 11.1. The lowest BCUT2D eigenvalue weighted by atomic mass is 9.92. The van der Waals surface area contributed by atoms with Gasteiger partial charge in [0.2, 0.25) is 0 Å². The zero-order valence-corrected chi connectivity index (χ0v) is 8.59. The van der Waals surface area contributed by atoms with Crippen molar-refractivity contribution in [2.45, 2.75) is 18.9 Å². The second kappa shape index (κ2) is 4.02. The molecule has 0 bridgehead atoms. The number of hydrogen-bond acceptors (Lipinski definition) is 3. The minimum Gasteiger partial charge on any atom is -0.481 e. The van der Waals surface area contributed by atoms with E-state index >= 15 is 0 Å². The number of rotatable bonds is 2. The van der Waals surface area contributed by atoms with Crippen molar-refractivity contribution in [1.82, 2.24) is 9.78 Å². The fraction of sp³-hybridized carbons (Fsp3) is 0.600. The Balaban J connectivity index is 2.25. The molecule has 0 aromatic carbocycles. The minimum absolute atomic E-state index is 0.358. The average Bonchev–Trinajstić information content (AvgIpc) is 2.64. The molecule has 5 nitrogen and oxygen atoms in total. The predicted molar refractivity (Wildman–Crippen MR) is 52.3 cm³/mol. The first-order valence-corrected chi connectivity index (χ1v) is 5.02. The van der Waals surface area contributed by atoms with Crippen molar-refractivity contribution in [2.24, 2.45) is 13.0 Å². The molecule has 1 aromatic heterocycles. The molecule has 0 saturated carbocycles. The minimum atomic E-state index is -0.791. The molecule has 1 aromatic rings. The van der Waals surface area contributed by atoms with Crippen LogP contribution < -0.4 is 0 Å². The van der Waals surface area contributed by atoms with Gasteiger partial charge in [0, 0.05) is 19.9 Å². The maximum Gasteiger partial charge on any atom is 0.309 e. The quantitative estimate of drug-likeness (QED) is 0.790.